The Bertz CT molecular complexity index is 1170. The number of anilines is 1. The molecule has 1 atom stereocenters. The maximum Gasteiger partial charge on any atom is 0.266 e. The minimum Gasteiger partial charge on any atom is -0.479 e. The Labute approximate surface area is 195 Å². The van der Waals surface area contributed by atoms with Crippen LogP contribution in [0.15, 0.2) is 30.6 Å². The number of carbonyl (C=O) groups is 1. The largest absolute Gasteiger partial charge is 0.479 e. The summed E-state index contributed by atoms with van der Waals surface area (Å²) in [5, 5.41) is 3.80. The quantitative estimate of drug-likeness (QED) is 0.477. The number of aromatic nitrogens is 3. The molecule has 2 aromatic heterocycles. The fraction of sp³-hybridized carbons (Fsp3) is 0.417. The highest BCUT2D eigenvalue weighted by atomic mass is 19.3. The third-order valence-electron chi connectivity index (χ3n) is 6.25. The van der Waals surface area contributed by atoms with Crippen LogP contribution in [0, 0.1) is 5.82 Å². The van der Waals surface area contributed by atoms with Crippen LogP contribution in [0.25, 0.3) is 10.9 Å². The van der Waals surface area contributed by atoms with Gasteiger partial charge in [0, 0.05) is 17.2 Å². The lowest BCUT2D eigenvalue weighted by molar-refractivity contribution is -0.109. The van der Waals surface area contributed by atoms with Gasteiger partial charge in [0.05, 0.1) is 30.6 Å². The van der Waals surface area contributed by atoms with Gasteiger partial charge in [-0.05, 0) is 38.9 Å². The predicted molar refractivity (Wildman–Crippen MR) is 122 cm³/mol. The Morgan fingerprint density at radius 3 is 2.65 bits per heavy atom. The van der Waals surface area contributed by atoms with Crippen LogP contribution in [0.4, 0.5) is 19.0 Å². The minimum atomic E-state index is -2.90. The lowest BCUT2D eigenvalue weighted by Gasteiger charge is -2.30. The van der Waals surface area contributed by atoms with E-state index >= 15 is 0 Å². The zero-order valence-corrected chi connectivity index (χ0v) is 19.0. The van der Waals surface area contributed by atoms with Gasteiger partial charge in [-0.25, -0.2) is 28.1 Å². The molecule has 0 bridgehead atoms. The first kappa shape index (κ1) is 23.9. The number of carbonyl (C=O) groups excluding carboxylic acids is 1. The number of alkyl halides is 2. The van der Waals surface area contributed by atoms with Crippen molar-refractivity contribution < 1.29 is 22.7 Å². The van der Waals surface area contributed by atoms with E-state index in [0.717, 1.165) is 44.0 Å². The van der Waals surface area contributed by atoms with Gasteiger partial charge in [0.2, 0.25) is 5.88 Å². The van der Waals surface area contributed by atoms with Crippen molar-refractivity contribution in [3.63, 3.8) is 0 Å². The van der Waals surface area contributed by atoms with E-state index in [4.69, 9.17) is 4.74 Å². The third-order valence-corrected chi connectivity index (χ3v) is 6.25. The molecule has 1 N–H and O–H groups in total. The van der Waals surface area contributed by atoms with E-state index in [1.54, 1.807) is 6.92 Å². The van der Waals surface area contributed by atoms with Crippen molar-refractivity contribution in [2.45, 2.75) is 38.2 Å². The third kappa shape index (κ3) is 4.82. The summed E-state index contributed by atoms with van der Waals surface area (Å²) < 4.78 is 46.5. The summed E-state index contributed by atoms with van der Waals surface area (Å²) in [5.74, 6) is 0.0243. The summed E-state index contributed by atoms with van der Waals surface area (Å²) in [5.41, 5.74) is 0.809. The molecule has 1 aliphatic heterocycles. The van der Waals surface area contributed by atoms with Crippen molar-refractivity contribution in [1.29, 1.82) is 0 Å². The number of rotatable bonds is 8. The number of halogens is 3. The fourth-order valence-electron chi connectivity index (χ4n) is 4.39. The maximum atomic E-state index is 14.7. The number of ether oxygens (including phenoxy) is 1. The van der Waals surface area contributed by atoms with Crippen LogP contribution in [0.5, 0.6) is 5.88 Å². The molecule has 3 heterocycles. The molecule has 1 saturated heterocycles. The van der Waals surface area contributed by atoms with E-state index in [-0.39, 0.29) is 11.5 Å². The van der Waals surface area contributed by atoms with Crippen molar-refractivity contribution in [2.75, 3.05) is 32.1 Å². The second kappa shape index (κ2) is 10.3. The topological polar surface area (TPSA) is 80.2 Å². The highest BCUT2D eigenvalue weighted by molar-refractivity contribution is 5.92. The first-order valence-electron chi connectivity index (χ1n) is 11.1. The van der Waals surface area contributed by atoms with Crippen molar-refractivity contribution in [3.05, 3.63) is 53.2 Å². The van der Waals surface area contributed by atoms with Gasteiger partial charge in [-0.1, -0.05) is 18.2 Å². The number of likely N-dealkylation sites (tertiary alicyclic amines) is 1. The van der Waals surface area contributed by atoms with Crippen LogP contribution in [-0.4, -0.2) is 52.9 Å². The number of nitrogens with one attached hydrogen (secondary N) is 1. The van der Waals surface area contributed by atoms with Gasteiger partial charge < -0.3 is 14.8 Å². The molecule has 10 heteroatoms. The van der Waals surface area contributed by atoms with E-state index < -0.39 is 23.8 Å². The van der Waals surface area contributed by atoms with Crippen molar-refractivity contribution in [1.82, 2.24) is 19.9 Å². The Balaban J connectivity index is 1.67. The van der Waals surface area contributed by atoms with Gasteiger partial charge in [-0.3, -0.25) is 4.90 Å². The summed E-state index contributed by atoms with van der Waals surface area (Å²) >= 11 is 0. The normalized spacial score (nSPS) is 16.1. The molecule has 1 fully saturated rings. The average Bonchev–Trinajstić information content (AvgIpc) is 2.84. The van der Waals surface area contributed by atoms with Gasteiger partial charge in [0.1, 0.15) is 29.8 Å². The molecule has 1 aliphatic rings. The second-order valence-electron chi connectivity index (χ2n) is 8.33. The van der Waals surface area contributed by atoms with Crippen LogP contribution in [-0.2, 0) is 4.79 Å². The van der Waals surface area contributed by atoms with Crippen LogP contribution < -0.4 is 10.1 Å². The van der Waals surface area contributed by atoms with Crippen molar-refractivity contribution in [2.24, 2.45) is 0 Å². The predicted octanol–water partition coefficient (Wildman–Crippen LogP) is 4.66. The molecule has 0 spiro atoms. The molecule has 1 aromatic carbocycles. The first-order chi connectivity index (χ1) is 16.4. The van der Waals surface area contributed by atoms with Gasteiger partial charge in [-0.2, -0.15) is 0 Å². The van der Waals surface area contributed by atoms with Gasteiger partial charge in [0.15, 0.2) is 0 Å². The van der Waals surface area contributed by atoms with Gasteiger partial charge in [-0.15, -0.1) is 0 Å². The number of benzene rings is 1. The van der Waals surface area contributed by atoms with Crippen LogP contribution in [0.2, 0.25) is 0 Å². The minimum absolute atomic E-state index is 0.119. The second-order valence-corrected chi connectivity index (χ2v) is 8.33. The molecule has 0 radical (unpaired) electrons. The van der Waals surface area contributed by atoms with Gasteiger partial charge >= 0.3 is 0 Å². The summed E-state index contributed by atoms with van der Waals surface area (Å²) in [6.45, 7) is 3.69. The molecule has 180 valence electrons. The molecule has 34 heavy (non-hydrogen) atoms. The molecule has 7 nitrogen and oxygen atoms in total. The molecular weight excluding hydrogens is 447 g/mol. The van der Waals surface area contributed by atoms with Gasteiger partial charge in [0.25, 0.3) is 6.43 Å². The highest BCUT2D eigenvalue weighted by Gasteiger charge is 2.25. The number of piperidine rings is 1. The van der Waals surface area contributed by atoms with Crippen molar-refractivity contribution >= 4 is 23.0 Å². The van der Waals surface area contributed by atoms with Crippen molar-refractivity contribution in [3.8, 4) is 5.88 Å². The number of nitrogens with zero attached hydrogens (tertiary/aromatic N) is 4. The number of hydrogen-bond donors (Lipinski definition) is 1. The van der Waals surface area contributed by atoms with E-state index in [2.05, 4.69) is 25.2 Å². The zero-order valence-electron chi connectivity index (χ0n) is 19.0. The van der Waals surface area contributed by atoms with Crippen LogP contribution >= 0.6 is 0 Å². The monoisotopic (exact) mass is 473 g/mol. The standard InChI is InChI=1S/C24H26F3N5O2/c1-14(16-4-3-5-17(20(16)25)22(26)27)30-23-18-12-19(15-6-8-32(9-7-15)10-11-33)31-24(34-2)21(18)28-13-29-23/h3-5,11-15,22H,6-10H2,1-2H3,(H,28,29,30)/t14-/m1/s1. The molecule has 0 saturated carbocycles. The zero-order chi connectivity index (χ0) is 24.2. The number of methoxy groups -OCH3 is 1. The summed E-state index contributed by atoms with van der Waals surface area (Å²) in [4.78, 5) is 26.2. The van der Waals surface area contributed by atoms with Crippen LogP contribution in [0.3, 0.4) is 0 Å². The van der Waals surface area contributed by atoms with E-state index in [0.29, 0.717) is 29.1 Å². The Hall–Kier alpha value is -3.27. The maximum absolute atomic E-state index is 14.7. The Morgan fingerprint density at radius 1 is 1.24 bits per heavy atom. The highest BCUT2D eigenvalue weighted by Crippen LogP contribution is 2.35. The SMILES string of the molecule is COc1nc(C2CCN(CC=O)CC2)cc2c(N[C@H](C)c3cccc(C(F)F)c3F)ncnc12. The number of hydrogen-bond acceptors (Lipinski definition) is 7. The van der Waals surface area contributed by atoms with E-state index in [9.17, 15) is 18.0 Å². The van der Waals surface area contributed by atoms with Crippen LogP contribution in [0.1, 0.15) is 55.0 Å². The van der Waals surface area contributed by atoms with E-state index in [1.807, 2.05) is 6.07 Å². The summed E-state index contributed by atoms with van der Waals surface area (Å²) in [7, 11) is 1.52. The molecule has 0 amide bonds. The number of pyridine rings is 1. The first-order valence-corrected chi connectivity index (χ1v) is 11.1. The molecule has 4 rings (SSSR count). The molecule has 0 unspecified atom stereocenters. The number of fused-ring (bicyclic) bond motifs is 1. The average molecular weight is 473 g/mol. The fourth-order valence-corrected chi connectivity index (χ4v) is 4.39. The Morgan fingerprint density at radius 2 is 1.97 bits per heavy atom. The smallest absolute Gasteiger partial charge is 0.266 e. The van der Waals surface area contributed by atoms with E-state index in [1.165, 1.54) is 25.6 Å². The summed E-state index contributed by atoms with van der Waals surface area (Å²) in [6.07, 6.45) is 1.05. The lowest BCUT2D eigenvalue weighted by atomic mass is 9.92. The Kier molecular flexibility index (Phi) is 7.26. The lowest BCUT2D eigenvalue weighted by Crippen LogP contribution is -2.34. The molecule has 3 aromatic rings. The molecule has 0 aliphatic carbocycles. The summed E-state index contributed by atoms with van der Waals surface area (Å²) in [6, 6.07) is 5.24. The molecular formula is C24H26F3N5O2. The number of aldehydes is 1.